The van der Waals surface area contributed by atoms with Crippen molar-refractivity contribution in [3.05, 3.63) is 64.8 Å². The van der Waals surface area contributed by atoms with Gasteiger partial charge in [0.25, 0.3) is 0 Å². The summed E-state index contributed by atoms with van der Waals surface area (Å²) >= 11 is 0. The van der Waals surface area contributed by atoms with Gasteiger partial charge >= 0.3 is 0 Å². The third kappa shape index (κ3) is 2.55. The van der Waals surface area contributed by atoms with Crippen molar-refractivity contribution in [2.24, 2.45) is 7.05 Å². The zero-order valence-electron chi connectivity index (χ0n) is 16.9. The van der Waals surface area contributed by atoms with E-state index in [0.29, 0.717) is 18.0 Å². The smallest absolute Gasteiger partial charge is 0.198 e. The molecule has 1 aromatic heterocycles. The van der Waals surface area contributed by atoms with E-state index in [0.717, 1.165) is 16.8 Å². The van der Waals surface area contributed by atoms with Crippen LogP contribution in [-0.2, 0) is 7.05 Å². The van der Waals surface area contributed by atoms with E-state index in [2.05, 4.69) is 57.5 Å². The third-order valence-corrected chi connectivity index (χ3v) is 5.01. The van der Waals surface area contributed by atoms with Gasteiger partial charge in [0.2, 0.25) is 5.69 Å². The summed E-state index contributed by atoms with van der Waals surface area (Å²) in [5, 5.41) is 2.45. The van der Waals surface area contributed by atoms with Gasteiger partial charge in [-0.15, -0.1) is 0 Å². The Morgan fingerprint density at radius 1 is 1.04 bits per heavy atom. The van der Waals surface area contributed by atoms with Crippen LogP contribution in [0.25, 0.3) is 22.0 Å². The minimum atomic E-state index is 0.385. The van der Waals surface area contributed by atoms with E-state index < -0.39 is 0 Å². The van der Waals surface area contributed by atoms with Crippen molar-refractivity contribution >= 4 is 10.8 Å². The van der Waals surface area contributed by atoms with E-state index in [1.807, 2.05) is 13.0 Å². The Labute approximate surface area is 142 Å². The summed E-state index contributed by atoms with van der Waals surface area (Å²) < 4.78 is 18.4. The maximum absolute atomic E-state index is 8.19. The van der Waals surface area contributed by atoms with Gasteiger partial charge in [0, 0.05) is 18.1 Å². The van der Waals surface area contributed by atoms with Crippen LogP contribution in [0.2, 0.25) is 0 Å². The van der Waals surface area contributed by atoms with E-state index >= 15 is 0 Å². The van der Waals surface area contributed by atoms with E-state index in [1.165, 1.54) is 27.6 Å². The van der Waals surface area contributed by atoms with Crippen LogP contribution in [0.4, 0.5) is 0 Å². The largest absolute Gasteiger partial charge is 0.220 e. The van der Waals surface area contributed by atoms with Crippen LogP contribution in [0.15, 0.2) is 42.4 Å². The minimum absolute atomic E-state index is 0.385. The summed E-state index contributed by atoms with van der Waals surface area (Å²) in [5.41, 5.74) is 6.82. The molecule has 0 spiro atoms. The lowest BCUT2D eigenvalue weighted by Crippen LogP contribution is -2.36. The molecule has 0 aliphatic rings. The molecule has 0 saturated carbocycles. The topological polar surface area (TPSA) is 3.88 Å². The zero-order valence-corrected chi connectivity index (χ0v) is 14.9. The Hall–Kier alpha value is -2.15. The first-order valence-corrected chi connectivity index (χ1v) is 8.23. The predicted molar refractivity (Wildman–Crippen MR) is 98.9 cm³/mol. The molecule has 0 atom stereocenters. The molecule has 0 saturated heterocycles. The average Bonchev–Trinajstić information content (AvgIpc) is 2.56. The second-order valence-electron chi connectivity index (χ2n) is 6.72. The highest BCUT2D eigenvalue weighted by Crippen LogP contribution is 2.32. The summed E-state index contributed by atoms with van der Waals surface area (Å²) in [7, 11) is 2.08. The fraction of sp³-hybridized carbons (Fsp3) is 0.318. The Morgan fingerprint density at radius 3 is 2.48 bits per heavy atom. The standard InChI is InChI=1S/C22H26N/c1-14(2)18-11-12-20-21(13-18)16(4)17(5)23(6)22(20)19-10-8-7-9-15(19)3/h7-14H,1-6H3/q+1/i8D,9D. The Morgan fingerprint density at radius 2 is 1.78 bits per heavy atom. The van der Waals surface area contributed by atoms with Crippen molar-refractivity contribution in [3.63, 3.8) is 0 Å². The van der Waals surface area contributed by atoms with Gasteiger partial charge in [0.1, 0.15) is 7.05 Å². The molecule has 2 aromatic carbocycles. The number of aryl methyl sites for hydroxylation is 1. The highest BCUT2D eigenvalue weighted by Gasteiger charge is 2.22. The van der Waals surface area contributed by atoms with Crippen LogP contribution in [0.5, 0.6) is 0 Å². The molecule has 23 heavy (non-hydrogen) atoms. The molecule has 118 valence electrons. The molecule has 1 nitrogen and oxygen atoms in total. The van der Waals surface area contributed by atoms with E-state index in [9.17, 15) is 0 Å². The highest BCUT2D eigenvalue weighted by molar-refractivity contribution is 5.96. The molecule has 0 bridgehead atoms. The van der Waals surface area contributed by atoms with Crippen LogP contribution >= 0.6 is 0 Å². The van der Waals surface area contributed by atoms with Crippen molar-refractivity contribution in [2.45, 2.75) is 40.5 Å². The second kappa shape index (κ2) is 5.81. The first kappa shape index (κ1) is 13.3. The van der Waals surface area contributed by atoms with Gasteiger partial charge in [-0.05, 0) is 48.4 Å². The summed E-state index contributed by atoms with van der Waals surface area (Å²) in [5.74, 6) is 0.486. The lowest BCUT2D eigenvalue weighted by molar-refractivity contribution is -0.665. The molecular weight excluding hydrogens is 278 g/mol. The number of aromatic nitrogens is 1. The van der Waals surface area contributed by atoms with Crippen LogP contribution in [-0.4, -0.2) is 0 Å². The molecule has 0 aliphatic heterocycles. The monoisotopic (exact) mass is 306 g/mol. The quantitative estimate of drug-likeness (QED) is 0.560. The van der Waals surface area contributed by atoms with E-state index in [1.54, 1.807) is 6.07 Å². The van der Waals surface area contributed by atoms with Gasteiger partial charge in [0.05, 0.1) is 8.13 Å². The van der Waals surface area contributed by atoms with E-state index in [4.69, 9.17) is 2.74 Å². The van der Waals surface area contributed by atoms with Gasteiger partial charge in [-0.2, -0.15) is 4.57 Å². The van der Waals surface area contributed by atoms with Gasteiger partial charge < -0.3 is 0 Å². The second-order valence-corrected chi connectivity index (χ2v) is 6.72. The summed E-state index contributed by atoms with van der Waals surface area (Å²) in [4.78, 5) is 0. The maximum Gasteiger partial charge on any atom is 0.220 e. The minimum Gasteiger partial charge on any atom is -0.198 e. The molecule has 0 N–H and O–H groups in total. The first-order valence-electron chi connectivity index (χ1n) is 9.23. The molecule has 0 radical (unpaired) electrons. The lowest BCUT2D eigenvalue weighted by Gasteiger charge is -2.14. The molecule has 0 unspecified atom stereocenters. The fourth-order valence-electron chi connectivity index (χ4n) is 3.27. The molecule has 0 amide bonds. The van der Waals surface area contributed by atoms with Crippen molar-refractivity contribution in [1.29, 1.82) is 0 Å². The highest BCUT2D eigenvalue weighted by atomic mass is 14.9. The van der Waals surface area contributed by atoms with Crippen LogP contribution in [0.3, 0.4) is 0 Å². The lowest BCUT2D eigenvalue weighted by atomic mass is 9.92. The SMILES string of the molecule is [2H]c1cc([2H])c(C)c(-c2c3ccc(C(C)C)cc3c(C)c(C)[n+]2C)c1. The number of pyridine rings is 1. The Bertz CT molecular complexity index is 987. The van der Waals surface area contributed by atoms with Gasteiger partial charge in [-0.3, -0.25) is 0 Å². The molecule has 1 heteroatoms. The number of rotatable bonds is 2. The number of nitrogens with zero attached hydrogens (tertiary/aromatic N) is 1. The Balaban J connectivity index is 2.47. The predicted octanol–water partition coefficient (Wildman–Crippen LogP) is 5.38. The van der Waals surface area contributed by atoms with Crippen LogP contribution in [0.1, 0.15) is 44.9 Å². The number of hydrogen-bond acceptors (Lipinski definition) is 0. The Kier molecular flexibility index (Phi) is 3.36. The number of benzene rings is 2. The third-order valence-electron chi connectivity index (χ3n) is 5.01. The summed E-state index contributed by atoms with van der Waals surface area (Å²) in [6.07, 6.45) is 0. The van der Waals surface area contributed by atoms with Gasteiger partial charge in [-0.25, -0.2) is 0 Å². The maximum atomic E-state index is 8.19. The van der Waals surface area contributed by atoms with Gasteiger partial charge in [-0.1, -0.05) is 44.1 Å². The molecule has 0 fully saturated rings. The summed E-state index contributed by atoms with van der Waals surface area (Å²) in [6, 6.07) is 11.0. The van der Waals surface area contributed by atoms with Crippen LogP contribution < -0.4 is 4.57 Å². The van der Waals surface area contributed by atoms with Crippen molar-refractivity contribution in [3.8, 4) is 11.3 Å². The fourth-order valence-corrected chi connectivity index (χ4v) is 3.27. The summed E-state index contributed by atoms with van der Waals surface area (Å²) in [6.45, 7) is 10.7. The molecule has 0 aliphatic carbocycles. The number of hydrogen-bond donors (Lipinski definition) is 0. The van der Waals surface area contributed by atoms with Crippen molar-refractivity contribution in [1.82, 2.24) is 0 Å². The van der Waals surface area contributed by atoms with Crippen molar-refractivity contribution in [2.75, 3.05) is 0 Å². The van der Waals surface area contributed by atoms with Gasteiger partial charge in [0.15, 0.2) is 5.69 Å². The zero-order chi connectivity index (χ0) is 18.5. The molecule has 3 rings (SSSR count). The molecular formula is C22H26N+. The molecule has 3 aromatic rings. The van der Waals surface area contributed by atoms with E-state index in [-0.39, 0.29) is 0 Å². The normalized spacial score (nSPS) is 12.7. The molecule has 1 heterocycles. The van der Waals surface area contributed by atoms with Crippen molar-refractivity contribution < 1.29 is 7.31 Å². The first-order chi connectivity index (χ1) is 11.7. The number of fused-ring (bicyclic) bond motifs is 1. The average molecular weight is 306 g/mol. The van der Waals surface area contributed by atoms with Crippen LogP contribution in [0, 0.1) is 20.8 Å².